The SMILES string of the molecule is CCCn1cncc1CNCCS(C)(=O)=O. The maximum absolute atomic E-state index is 10.9. The van der Waals surface area contributed by atoms with Crippen molar-refractivity contribution in [2.75, 3.05) is 18.6 Å². The van der Waals surface area contributed by atoms with Crippen LogP contribution in [0, 0.1) is 0 Å². The van der Waals surface area contributed by atoms with E-state index in [0.29, 0.717) is 13.1 Å². The van der Waals surface area contributed by atoms with Crippen molar-refractivity contribution in [3.8, 4) is 0 Å². The van der Waals surface area contributed by atoms with Gasteiger partial charge in [-0.15, -0.1) is 0 Å². The topological polar surface area (TPSA) is 64.0 Å². The van der Waals surface area contributed by atoms with Crippen LogP contribution in [0.2, 0.25) is 0 Å². The van der Waals surface area contributed by atoms with Gasteiger partial charge in [-0.25, -0.2) is 13.4 Å². The normalized spacial score (nSPS) is 11.9. The van der Waals surface area contributed by atoms with E-state index < -0.39 is 9.84 Å². The van der Waals surface area contributed by atoms with E-state index in [1.54, 1.807) is 6.33 Å². The number of nitrogens with zero attached hydrogens (tertiary/aromatic N) is 2. The van der Waals surface area contributed by atoms with E-state index in [0.717, 1.165) is 18.7 Å². The molecule has 0 unspecified atom stereocenters. The highest BCUT2D eigenvalue weighted by Crippen LogP contribution is 2.00. The molecule has 1 N–H and O–H groups in total. The number of sulfone groups is 1. The van der Waals surface area contributed by atoms with Gasteiger partial charge in [-0.1, -0.05) is 6.92 Å². The fourth-order valence-electron chi connectivity index (χ4n) is 1.41. The Kier molecular flexibility index (Phi) is 4.95. The lowest BCUT2D eigenvalue weighted by Gasteiger charge is -2.07. The number of hydrogen-bond acceptors (Lipinski definition) is 4. The van der Waals surface area contributed by atoms with Gasteiger partial charge in [-0.05, 0) is 6.42 Å². The van der Waals surface area contributed by atoms with Crippen LogP contribution in [0.3, 0.4) is 0 Å². The Morgan fingerprint density at radius 1 is 1.50 bits per heavy atom. The summed E-state index contributed by atoms with van der Waals surface area (Å²) in [4.78, 5) is 4.07. The molecule has 6 heteroatoms. The van der Waals surface area contributed by atoms with Gasteiger partial charge in [0.25, 0.3) is 0 Å². The third kappa shape index (κ3) is 4.76. The monoisotopic (exact) mass is 245 g/mol. The predicted molar refractivity (Wildman–Crippen MR) is 63.9 cm³/mol. The summed E-state index contributed by atoms with van der Waals surface area (Å²) in [7, 11) is -2.87. The highest BCUT2D eigenvalue weighted by molar-refractivity contribution is 7.90. The van der Waals surface area contributed by atoms with Crippen LogP contribution in [0.25, 0.3) is 0 Å². The van der Waals surface area contributed by atoms with Crippen molar-refractivity contribution in [2.45, 2.75) is 26.4 Å². The van der Waals surface area contributed by atoms with Crippen LogP contribution in [0.5, 0.6) is 0 Å². The van der Waals surface area contributed by atoms with Crippen LogP contribution in [0.15, 0.2) is 12.5 Å². The van der Waals surface area contributed by atoms with E-state index in [-0.39, 0.29) is 5.75 Å². The molecule has 1 heterocycles. The molecule has 0 aromatic carbocycles. The van der Waals surface area contributed by atoms with Gasteiger partial charge < -0.3 is 9.88 Å². The summed E-state index contributed by atoms with van der Waals surface area (Å²) >= 11 is 0. The van der Waals surface area contributed by atoms with Crippen LogP contribution in [-0.4, -0.2) is 36.5 Å². The van der Waals surface area contributed by atoms with Gasteiger partial charge >= 0.3 is 0 Å². The largest absolute Gasteiger partial charge is 0.333 e. The van der Waals surface area contributed by atoms with Crippen molar-refractivity contribution in [3.63, 3.8) is 0 Å². The molecule has 0 saturated carbocycles. The van der Waals surface area contributed by atoms with Crippen LogP contribution in [-0.2, 0) is 22.9 Å². The minimum absolute atomic E-state index is 0.176. The third-order valence-corrected chi connectivity index (χ3v) is 3.16. The first-order valence-electron chi connectivity index (χ1n) is 5.40. The van der Waals surface area contributed by atoms with Crippen molar-refractivity contribution in [1.82, 2.24) is 14.9 Å². The second-order valence-electron chi connectivity index (χ2n) is 3.89. The van der Waals surface area contributed by atoms with Gasteiger partial charge in [-0.2, -0.15) is 0 Å². The Bertz CT molecular complexity index is 411. The molecular formula is C10H19N3O2S. The number of aromatic nitrogens is 2. The molecular weight excluding hydrogens is 226 g/mol. The highest BCUT2D eigenvalue weighted by Gasteiger charge is 2.03. The molecule has 92 valence electrons. The van der Waals surface area contributed by atoms with Crippen LogP contribution >= 0.6 is 0 Å². The van der Waals surface area contributed by atoms with Crippen molar-refractivity contribution >= 4 is 9.84 Å². The number of hydrogen-bond donors (Lipinski definition) is 1. The molecule has 0 saturated heterocycles. The lowest BCUT2D eigenvalue weighted by molar-refractivity contribution is 0.589. The second-order valence-corrected chi connectivity index (χ2v) is 6.14. The van der Waals surface area contributed by atoms with Crippen LogP contribution in [0.4, 0.5) is 0 Å². The van der Waals surface area contributed by atoms with Crippen molar-refractivity contribution in [2.24, 2.45) is 0 Å². The van der Waals surface area contributed by atoms with E-state index in [2.05, 4.69) is 21.8 Å². The third-order valence-electron chi connectivity index (χ3n) is 2.22. The van der Waals surface area contributed by atoms with E-state index in [4.69, 9.17) is 0 Å². The standard InChI is InChI=1S/C10H19N3O2S/c1-3-5-13-9-12-8-10(13)7-11-4-6-16(2,14)15/h8-9,11H,3-7H2,1-2H3. The fraction of sp³-hybridized carbons (Fsp3) is 0.700. The van der Waals surface area contributed by atoms with Crippen molar-refractivity contribution in [3.05, 3.63) is 18.2 Å². The van der Waals surface area contributed by atoms with Crippen molar-refractivity contribution in [1.29, 1.82) is 0 Å². The number of imidazole rings is 1. The van der Waals surface area contributed by atoms with Gasteiger partial charge in [0, 0.05) is 32.1 Å². The first kappa shape index (κ1) is 13.2. The maximum Gasteiger partial charge on any atom is 0.148 e. The van der Waals surface area contributed by atoms with Gasteiger partial charge in [0.05, 0.1) is 17.8 Å². The molecule has 0 fully saturated rings. The van der Waals surface area contributed by atoms with Gasteiger partial charge in [0.15, 0.2) is 0 Å². The molecule has 1 rings (SSSR count). The molecule has 1 aromatic heterocycles. The Balaban J connectivity index is 2.34. The summed E-state index contributed by atoms with van der Waals surface area (Å²) < 4.78 is 23.9. The zero-order valence-electron chi connectivity index (χ0n) is 9.81. The van der Waals surface area contributed by atoms with Crippen LogP contribution in [0.1, 0.15) is 19.0 Å². The molecule has 5 nitrogen and oxygen atoms in total. The Morgan fingerprint density at radius 2 is 2.25 bits per heavy atom. The lowest BCUT2D eigenvalue weighted by Crippen LogP contribution is -2.23. The van der Waals surface area contributed by atoms with Gasteiger partial charge in [-0.3, -0.25) is 0 Å². The zero-order valence-corrected chi connectivity index (χ0v) is 10.6. The molecule has 16 heavy (non-hydrogen) atoms. The molecule has 0 spiro atoms. The van der Waals surface area contributed by atoms with E-state index in [9.17, 15) is 8.42 Å². The first-order valence-corrected chi connectivity index (χ1v) is 7.46. The molecule has 1 aromatic rings. The molecule has 0 aliphatic heterocycles. The lowest BCUT2D eigenvalue weighted by atomic mass is 10.4. The number of nitrogens with one attached hydrogen (secondary N) is 1. The van der Waals surface area contributed by atoms with Gasteiger partial charge in [0.2, 0.25) is 0 Å². The first-order chi connectivity index (χ1) is 7.53. The quantitative estimate of drug-likeness (QED) is 0.707. The summed E-state index contributed by atoms with van der Waals surface area (Å²) in [6.45, 7) is 4.20. The second kappa shape index (κ2) is 6.00. The molecule has 0 atom stereocenters. The average molecular weight is 245 g/mol. The maximum atomic E-state index is 10.9. The smallest absolute Gasteiger partial charge is 0.148 e. The molecule has 0 bridgehead atoms. The highest BCUT2D eigenvalue weighted by atomic mass is 32.2. The molecule has 0 aliphatic rings. The number of aryl methyl sites for hydroxylation is 1. The summed E-state index contributed by atoms with van der Waals surface area (Å²) in [5, 5.41) is 3.10. The van der Waals surface area contributed by atoms with E-state index in [1.165, 1.54) is 6.26 Å². The summed E-state index contributed by atoms with van der Waals surface area (Å²) in [5.41, 5.74) is 1.09. The van der Waals surface area contributed by atoms with Gasteiger partial charge in [0.1, 0.15) is 9.84 Å². The van der Waals surface area contributed by atoms with E-state index in [1.807, 2.05) is 6.20 Å². The summed E-state index contributed by atoms with van der Waals surface area (Å²) in [6.07, 6.45) is 5.92. The Morgan fingerprint density at radius 3 is 2.88 bits per heavy atom. The summed E-state index contributed by atoms with van der Waals surface area (Å²) in [5.74, 6) is 0.176. The Labute approximate surface area is 96.8 Å². The number of rotatable bonds is 7. The molecule has 0 aliphatic carbocycles. The van der Waals surface area contributed by atoms with Crippen molar-refractivity contribution < 1.29 is 8.42 Å². The summed E-state index contributed by atoms with van der Waals surface area (Å²) in [6, 6.07) is 0. The van der Waals surface area contributed by atoms with E-state index >= 15 is 0 Å². The predicted octanol–water partition coefficient (Wildman–Crippen LogP) is 0.427. The molecule has 0 radical (unpaired) electrons. The minimum atomic E-state index is -2.87. The Hall–Kier alpha value is -0.880. The zero-order chi connectivity index (χ0) is 12.0. The minimum Gasteiger partial charge on any atom is -0.333 e. The van der Waals surface area contributed by atoms with Crippen LogP contribution < -0.4 is 5.32 Å². The molecule has 0 amide bonds. The average Bonchev–Trinajstić information content (AvgIpc) is 2.60. The fourth-order valence-corrected chi connectivity index (χ4v) is 1.93.